The average molecular weight is 453 g/mol. The molecule has 9 heteroatoms. The van der Waals surface area contributed by atoms with Gasteiger partial charge in [-0.05, 0) is 42.3 Å². The summed E-state index contributed by atoms with van der Waals surface area (Å²) >= 11 is 6.29. The third kappa shape index (κ3) is 5.06. The Morgan fingerprint density at radius 2 is 1.83 bits per heavy atom. The van der Waals surface area contributed by atoms with Gasteiger partial charge in [0.25, 0.3) is 0 Å². The standard InChI is InChI=1S/C21H25ClN2O5S/c1-14(16-5-7-17(8-6-16)30(26,27)24(2)3)23-20(25)13-15-11-18(22)21-19(12-15)28-9-4-10-29-21/h5-8,11-12,14H,4,9-10,13H2,1-3H3,(H,23,25). The van der Waals surface area contributed by atoms with E-state index in [0.29, 0.717) is 29.7 Å². The summed E-state index contributed by atoms with van der Waals surface area (Å²) in [7, 11) is -0.518. The molecule has 2 aromatic carbocycles. The molecule has 162 valence electrons. The van der Waals surface area contributed by atoms with Gasteiger partial charge in [0, 0.05) is 20.5 Å². The molecular weight excluding hydrogens is 428 g/mol. The summed E-state index contributed by atoms with van der Waals surface area (Å²) in [5.74, 6) is 0.881. The normalized spacial score (nSPS) is 14.8. The topological polar surface area (TPSA) is 84.9 Å². The number of amides is 1. The monoisotopic (exact) mass is 452 g/mol. The second kappa shape index (κ2) is 9.24. The summed E-state index contributed by atoms with van der Waals surface area (Å²) in [4.78, 5) is 12.7. The van der Waals surface area contributed by atoms with Crippen LogP contribution in [0.15, 0.2) is 41.3 Å². The molecule has 0 aliphatic carbocycles. The lowest BCUT2D eigenvalue weighted by Crippen LogP contribution is -2.28. The molecule has 1 unspecified atom stereocenters. The number of hydrogen-bond acceptors (Lipinski definition) is 5. The van der Waals surface area contributed by atoms with E-state index in [-0.39, 0.29) is 23.3 Å². The number of fused-ring (bicyclic) bond motifs is 1. The number of ether oxygens (including phenoxy) is 2. The summed E-state index contributed by atoms with van der Waals surface area (Å²) in [5, 5.41) is 3.34. The molecule has 0 spiro atoms. The predicted octanol–water partition coefficient (Wildman–Crippen LogP) is 3.17. The number of carbonyl (C=O) groups excluding carboxylic acids is 1. The van der Waals surface area contributed by atoms with Crippen LogP contribution < -0.4 is 14.8 Å². The molecule has 1 amide bonds. The van der Waals surface area contributed by atoms with Crippen molar-refractivity contribution < 1.29 is 22.7 Å². The first-order valence-corrected chi connectivity index (χ1v) is 11.4. The van der Waals surface area contributed by atoms with Gasteiger partial charge in [0.05, 0.1) is 35.6 Å². The van der Waals surface area contributed by atoms with Crippen LogP contribution in [0.5, 0.6) is 11.5 Å². The van der Waals surface area contributed by atoms with E-state index in [1.807, 2.05) is 6.92 Å². The van der Waals surface area contributed by atoms with E-state index < -0.39 is 10.0 Å². The summed E-state index contributed by atoms with van der Waals surface area (Å²) in [5.41, 5.74) is 1.53. The van der Waals surface area contributed by atoms with Crippen LogP contribution in [-0.2, 0) is 21.2 Å². The number of halogens is 1. The molecule has 0 bridgehead atoms. The fourth-order valence-corrected chi connectivity index (χ4v) is 4.28. The highest BCUT2D eigenvalue weighted by atomic mass is 35.5. The molecule has 0 aromatic heterocycles. The summed E-state index contributed by atoms with van der Waals surface area (Å²) in [6.07, 6.45) is 0.904. The molecule has 1 N–H and O–H groups in total. The number of nitrogens with zero attached hydrogens (tertiary/aromatic N) is 1. The minimum atomic E-state index is -3.49. The number of rotatable bonds is 6. The summed E-state index contributed by atoms with van der Waals surface area (Å²) in [6, 6.07) is 9.67. The number of nitrogens with one attached hydrogen (secondary N) is 1. The zero-order chi connectivity index (χ0) is 21.9. The second-order valence-electron chi connectivity index (χ2n) is 7.28. The molecular formula is C21H25ClN2O5S. The van der Waals surface area contributed by atoms with Crippen LogP contribution >= 0.6 is 11.6 Å². The smallest absolute Gasteiger partial charge is 0.242 e. The Kier molecular flexibility index (Phi) is 6.90. The van der Waals surface area contributed by atoms with Crippen LogP contribution in [0.25, 0.3) is 0 Å². The molecule has 0 fully saturated rings. The highest BCUT2D eigenvalue weighted by Gasteiger charge is 2.19. The Hall–Kier alpha value is -2.29. The maximum atomic E-state index is 12.5. The van der Waals surface area contributed by atoms with Gasteiger partial charge in [0.1, 0.15) is 0 Å². The Bertz CT molecular complexity index is 1020. The van der Waals surface area contributed by atoms with Gasteiger partial charge in [-0.2, -0.15) is 0 Å². The quantitative estimate of drug-likeness (QED) is 0.727. The molecule has 0 saturated heterocycles. The average Bonchev–Trinajstić information content (AvgIpc) is 2.93. The molecule has 30 heavy (non-hydrogen) atoms. The Labute approximate surface area is 182 Å². The van der Waals surface area contributed by atoms with Gasteiger partial charge in [-0.15, -0.1) is 0 Å². The van der Waals surface area contributed by atoms with Crippen molar-refractivity contribution >= 4 is 27.5 Å². The molecule has 1 aliphatic heterocycles. The van der Waals surface area contributed by atoms with Crippen molar-refractivity contribution in [3.63, 3.8) is 0 Å². The van der Waals surface area contributed by atoms with Crippen molar-refractivity contribution in [2.75, 3.05) is 27.3 Å². The van der Waals surface area contributed by atoms with Crippen molar-refractivity contribution in [2.24, 2.45) is 0 Å². The first-order chi connectivity index (χ1) is 14.2. The van der Waals surface area contributed by atoms with E-state index in [2.05, 4.69) is 5.32 Å². The van der Waals surface area contributed by atoms with Gasteiger partial charge in [0.2, 0.25) is 15.9 Å². The zero-order valence-electron chi connectivity index (χ0n) is 17.1. The van der Waals surface area contributed by atoms with Crippen molar-refractivity contribution in [2.45, 2.75) is 30.7 Å². The SMILES string of the molecule is CC(NC(=O)Cc1cc(Cl)c2c(c1)OCCCO2)c1ccc(S(=O)(=O)N(C)C)cc1. The first-order valence-electron chi connectivity index (χ1n) is 9.58. The molecule has 0 saturated carbocycles. The molecule has 2 aromatic rings. The number of hydrogen-bond donors (Lipinski definition) is 1. The van der Waals surface area contributed by atoms with E-state index in [4.69, 9.17) is 21.1 Å². The minimum Gasteiger partial charge on any atom is -0.489 e. The Morgan fingerprint density at radius 1 is 1.17 bits per heavy atom. The Morgan fingerprint density at radius 3 is 2.50 bits per heavy atom. The van der Waals surface area contributed by atoms with Crippen molar-refractivity contribution in [1.82, 2.24) is 9.62 Å². The van der Waals surface area contributed by atoms with Crippen molar-refractivity contribution in [3.8, 4) is 11.5 Å². The maximum Gasteiger partial charge on any atom is 0.242 e. The van der Waals surface area contributed by atoms with E-state index >= 15 is 0 Å². The van der Waals surface area contributed by atoms with Crippen LogP contribution in [0, 0.1) is 0 Å². The van der Waals surface area contributed by atoms with Gasteiger partial charge in [0.15, 0.2) is 11.5 Å². The van der Waals surface area contributed by atoms with Crippen molar-refractivity contribution in [3.05, 3.63) is 52.5 Å². The predicted molar refractivity (Wildman–Crippen MR) is 115 cm³/mol. The fourth-order valence-electron chi connectivity index (χ4n) is 3.09. The summed E-state index contributed by atoms with van der Waals surface area (Å²) in [6.45, 7) is 2.92. The lowest BCUT2D eigenvalue weighted by molar-refractivity contribution is -0.121. The molecule has 0 radical (unpaired) electrons. The fraction of sp³-hybridized carbons (Fsp3) is 0.381. The van der Waals surface area contributed by atoms with Crippen LogP contribution in [0.4, 0.5) is 0 Å². The van der Waals surface area contributed by atoms with Crippen molar-refractivity contribution in [1.29, 1.82) is 0 Å². The van der Waals surface area contributed by atoms with Crippen LogP contribution in [0.1, 0.15) is 30.5 Å². The van der Waals surface area contributed by atoms with Crippen LogP contribution in [0.3, 0.4) is 0 Å². The highest BCUT2D eigenvalue weighted by molar-refractivity contribution is 7.89. The lowest BCUT2D eigenvalue weighted by atomic mass is 10.1. The second-order valence-corrected chi connectivity index (χ2v) is 9.84. The van der Waals surface area contributed by atoms with Crippen LogP contribution in [-0.4, -0.2) is 45.9 Å². The van der Waals surface area contributed by atoms with E-state index in [1.165, 1.54) is 26.2 Å². The number of carbonyl (C=O) groups is 1. The lowest BCUT2D eigenvalue weighted by Gasteiger charge is -2.17. The number of sulfonamides is 1. The highest BCUT2D eigenvalue weighted by Crippen LogP contribution is 2.38. The third-order valence-corrected chi connectivity index (χ3v) is 6.87. The zero-order valence-corrected chi connectivity index (χ0v) is 18.7. The Balaban J connectivity index is 1.66. The van der Waals surface area contributed by atoms with Crippen LogP contribution in [0.2, 0.25) is 5.02 Å². The molecule has 3 rings (SSSR count). The third-order valence-electron chi connectivity index (χ3n) is 4.76. The first kappa shape index (κ1) is 22.4. The van der Waals surface area contributed by atoms with E-state index in [9.17, 15) is 13.2 Å². The van der Waals surface area contributed by atoms with E-state index in [1.54, 1.807) is 24.3 Å². The van der Waals surface area contributed by atoms with Gasteiger partial charge < -0.3 is 14.8 Å². The minimum absolute atomic E-state index is 0.133. The molecule has 1 aliphatic rings. The largest absolute Gasteiger partial charge is 0.489 e. The van der Waals surface area contributed by atoms with Gasteiger partial charge in [-0.3, -0.25) is 4.79 Å². The van der Waals surface area contributed by atoms with Gasteiger partial charge in [-0.1, -0.05) is 23.7 Å². The molecule has 1 heterocycles. The van der Waals surface area contributed by atoms with Gasteiger partial charge in [-0.25, -0.2) is 12.7 Å². The summed E-state index contributed by atoms with van der Waals surface area (Å²) < 4.78 is 36.8. The maximum absolute atomic E-state index is 12.5. The molecule has 1 atom stereocenters. The number of benzene rings is 2. The van der Waals surface area contributed by atoms with E-state index in [0.717, 1.165) is 21.9 Å². The van der Waals surface area contributed by atoms with Gasteiger partial charge >= 0.3 is 0 Å². The molecule has 7 nitrogen and oxygen atoms in total.